The minimum atomic E-state index is -0.310. The summed E-state index contributed by atoms with van der Waals surface area (Å²) >= 11 is 12.9. The SMILES string of the molecule is C=C(C)C(=O)OCCC1CSC(C(C)(S)C2SCC(CCOC(=O)C(=C)C)S2)S1. The summed E-state index contributed by atoms with van der Waals surface area (Å²) in [6.07, 6.45) is 1.72. The molecule has 0 radical (unpaired) electrons. The van der Waals surface area contributed by atoms with Crippen LogP contribution in [0.1, 0.15) is 33.6 Å². The molecule has 2 heterocycles. The lowest BCUT2D eigenvalue weighted by Gasteiger charge is -2.34. The van der Waals surface area contributed by atoms with Crippen molar-refractivity contribution < 1.29 is 19.1 Å². The van der Waals surface area contributed by atoms with E-state index < -0.39 is 0 Å². The van der Waals surface area contributed by atoms with E-state index in [0.29, 0.717) is 44.0 Å². The lowest BCUT2D eigenvalue weighted by molar-refractivity contribution is -0.139. The zero-order valence-electron chi connectivity index (χ0n) is 17.2. The first kappa shape index (κ1) is 25.4. The van der Waals surface area contributed by atoms with Gasteiger partial charge in [0, 0.05) is 33.2 Å². The molecule has 0 saturated carbocycles. The molecule has 164 valence electrons. The van der Waals surface area contributed by atoms with Gasteiger partial charge in [-0.05, 0) is 33.6 Å². The van der Waals surface area contributed by atoms with Crippen LogP contribution in [0.15, 0.2) is 24.3 Å². The standard InChI is InChI=1S/C20H30O4S5/c1-12(2)16(21)23-8-6-14-10-26-18(28-14)20(5,25)19-27-11-15(29-19)7-9-24-17(22)13(3)4/h14-15,18-19,25H,1,3,6-11H2,2,4-5H3. The van der Waals surface area contributed by atoms with E-state index in [0.717, 1.165) is 24.3 Å². The number of thioether (sulfide) groups is 4. The van der Waals surface area contributed by atoms with Crippen LogP contribution in [0.5, 0.6) is 0 Å². The Labute approximate surface area is 196 Å². The van der Waals surface area contributed by atoms with Gasteiger partial charge in [0.25, 0.3) is 0 Å². The molecule has 4 atom stereocenters. The van der Waals surface area contributed by atoms with Gasteiger partial charge < -0.3 is 9.47 Å². The molecular weight excluding hydrogens is 465 g/mol. The van der Waals surface area contributed by atoms with Crippen LogP contribution in [0.25, 0.3) is 0 Å². The first-order chi connectivity index (χ1) is 13.6. The quantitative estimate of drug-likeness (QED) is 0.257. The van der Waals surface area contributed by atoms with Crippen LogP contribution in [-0.2, 0) is 19.1 Å². The summed E-state index contributed by atoms with van der Waals surface area (Å²) in [5, 5.41) is 0.950. The Hall–Kier alpha value is 0.170. The molecule has 2 aliphatic heterocycles. The first-order valence-electron chi connectivity index (χ1n) is 9.53. The van der Waals surface area contributed by atoms with Crippen LogP contribution >= 0.6 is 59.7 Å². The fourth-order valence-corrected chi connectivity index (χ4v) is 11.1. The minimum absolute atomic E-state index is 0.114. The summed E-state index contributed by atoms with van der Waals surface area (Å²) in [5.41, 5.74) is 0.886. The third-order valence-corrected chi connectivity index (χ3v) is 13.4. The van der Waals surface area contributed by atoms with Crippen LogP contribution in [0, 0.1) is 0 Å². The monoisotopic (exact) mass is 494 g/mol. The summed E-state index contributed by atoms with van der Waals surface area (Å²) in [4.78, 5) is 23.0. The van der Waals surface area contributed by atoms with Gasteiger partial charge in [-0.1, -0.05) is 13.2 Å². The predicted octanol–water partition coefficient (Wildman–Crippen LogP) is 5.04. The predicted molar refractivity (Wildman–Crippen MR) is 133 cm³/mol. The van der Waals surface area contributed by atoms with Crippen molar-refractivity contribution in [1.82, 2.24) is 0 Å². The zero-order valence-corrected chi connectivity index (χ0v) is 21.3. The van der Waals surface area contributed by atoms with Crippen LogP contribution in [0.4, 0.5) is 0 Å². The van der Waals surface area contributed by atoms with E-state index in [1.807, 2.05) is 47.0 Å². The van der Waals surface area contributed by atoms with Gasteiger partial charge in [-0.2, -0.15) is 12.6 Å². The van der Waals surface area contributed by atoms with E-state index in [2.05, 4.69) is 20.1 Å². The number of ether oxygens (including phenoxy) is 2. The van der Waals surface area contributed by atoms with Gasteiger partial charge in [0.1, 0.15) is 0 Å². The number of carbonyl (C=O) groups excluding carboxylic acids is 2. The molecule has 0 aromatic heterocycles. The average molecular weight is 495 g/mol. The Morgan fingerprint density at radius 2 is 1.31 bits per heavy atom. The Kier molecular flexibility index (Phi) is 10.3. The van der Waals surface area contributed by atoms with E-state index in [9.17, 15) is 9.59 Å². The second-order valence-corrected chi connectivity index (χ2v) is 14.1. The van der Waals surface area contributed by atoms with Crippen LogP contribution < -0.4 is 0 Å². The maximum atomic E-state index is 11.5. The molecule has 2 aliphatic rings. The van der Waals surface area contributed by atoms with Crippen LogP contribution in [0.3, 0.4) is 0 Å². The van der Waals surface area contributed by atoms with Gasteiger partial charge in [-0.3, -0.25) is 0 Å². The van der Waals surface area contributed by atoms with E-state index in [1.54, 1.807) is 13.8 Å². The average Bonchev–Trinajstić information content (AvgIpc) is 3.31. The highest BCUT2D eigenvalue weighted by atomic mass is 32.2. The summed E-state index contributed by atoms with van der Waals surface area (Å²) in [6.45, 7) is 13.7. The van der Waals surface area contributed by atoms with Gasteiger partial charge >= 0.3 is 11.9 Å². The lowest BCUT2D eigenvalue weighted by Crippen LogP contribution is -2.36. The number of carbonyl (C=O) groups is 2. The molecule has 2 rings (SSSR count). The van der Waals surface area contributed by atoms with E-state index in [-0.39, 0.29) is 16.7 Å². The topological polar surface area (TPSA) is 52.6 Å². The van der Waals surface area contributed by atoms with Crippen molar-refractivity contribution in [3.05, 3.63) is 24.3 Å². The summed E-state index contributed by atoms with van der Waals surface area (Å²) in [5.74, 6) is 1.49. The molecule has 0 aliphatic carbocycles. The highest BCUT2D eigenvalue weighted by Crippen LogP contribution is 2.56. The molecule has 9 heteroatoms. The number of thiol groups is 1. The highest BCUT2D eigenvalue weighted by molar-refractivity contribution is 8.23. The molecule has 0 aromatic rings. The Morgan fingerprint density at radius 3 is 1.66 bits per heavy atom. The smallest absolute Gasteiger partial charge is 0.333 e. The molecule has 0 aromatic carbocycles. The van der Waals surface area contributed by atoms with Gasteiger partial charge in [0.2, 0.25) is 0 Å². The Morgan fingerprint density at radius 1 is 0.931 bits per heavy atom. The normalized spacial score (nSPS) is 28.6. The Bertz CT molecular complexity index is 584. The molecule has 2 saturated heterocycles. The van der Waals surface area contributed by atoms with Crippen LogP contribution in [0.2, 0.25) is 0 Å². The fourth-order valence-electron chi connectivity index (χ4n) is 2.74. The number of hydrogen-bond donors (Lipinski definition) is 1. The van der Waals surface area contributed by atoms with Gasteiger partial charge in [0.05, 0.1) is 27.1 Å². The molecule has 0 amide bonds. The van der Waals surface area contributed by atoms with E-state index in [1.165, 1.54) is 0 Å². The fraction of sp³-hybridized carbons (Fsp3) is 0.700. The molecule has 2 fully saturated rings. The van der Waals surface area contributed by atoms with Crippen molar-refractivity contribution in [2.75, 3.05) is 24.7 Å². The molecule has 4 nitrogen and oxygen atoms in total. The van der Waals surface area contributed by atoms with Gasteiger partial charge in [0.15, 0.2) is 0 Å². The molecule has 29 heavy (non-hydrogen) atoms. The third kappa shape index (κ3) is 7.66. The van der Waals surface area contributed by atoms with Crippen molar-refractivity contribution in [3.8, 4) is 0 Å². The summed E-state index contributed by atoms with van der Waals surface area (Å²) in [7, 11) is 0. The maximum Gasteiger partial charge on any atom is 0.333 e. The van der Waals surface area contributed by atoms with Gasteiger partial charge in [-0.15, -0.1) is 47.0 Å². The van der Waals surface area contributed by atoms with Crippen molar-refractivity contribution in [1.29, 1.82) is 0 Å². The van der Waals surface area contributed by atoms with Crippen molar-refractivity contribution in [2.45, 2.75) is 58.0 Å². The first-order valence-corrected chi connectivity index (χ1v) is 14.0. The maximum absolute atomic E-state index is 11.5. The summed E-state index contributed by atoms with van der Waals surface area (Å²) < 4.78 is 11.2. The van der Waals surface area contributed by atoms with Crippen molar-refractivity contribution in [3.63, 3.8) is 0 Å². The van der Waals surface area contributed by atoms with E-state index >= 15 is 0 Å². The second kappa shape index (κ2) is 11.7. The van der Waals surface area contributed by atoms with E-state index in [4.69, 9.17) is 22.1 Å². The molecule has 4 unspecified atom stereocenters. The summed E-state index contributed by atoms with van der Waals surface area (Å²) in [6, 6.07) is 0. The second-order valence-electron chi connectivity index (χ2n) is 7.48. The number of esters is 2. The molecule has 0 spiro atoms. The minimum Gasteiger partial charge on any atom is -0.462 e. The zero-order chi connectivity index (χ0) is 21.6. The number of hydrogen-bond acceptors (Lipinski definition) is 9. The largest absolute Gasteiger partial charge is 0.462 e. The molecule has 0 bridgehead atoms. The van der Waals surface area contributed by atoms with Gasteiger partial charge in [-0.25, -0.2) is 9.59 Å². The lowest BCUT2D eigenvalue weighted by atomic mass is 10.2. The molecular formula is C20H30O4S5. The van der Waals surface area contributed by atoms with Crippen molar-refractivity contribution >= 4 is 71.6 Å². The third-order valence-electron chi connectivity index (χ3n) is 4.50. The van der Waals surface area contributed by atoms with Crippen molar-refractivity contribution in [2.24, 2.45) is 0 Å². The highest BCUT2D eigenvalue weighted by Gasteiger charge is 2.47. The number of rotatable bonds is 10. The molecule has 0 N–H and O–H groups in total. The van der Waals surface area contributed by atoms with Crippen LogP contribution in [-0.4, -0.2) is 61.1 Å². The Balaban J connectivity index is 1.73.